The molecule has 3 rings (SSSR count). The van der Waals surface area contributed by atoms with Crippen LogP contribution >= 0.6 is 11.8 Å². The molecule has 1 N–H and O–H groups in total. The Bertz CT molecular complexity index is 1140. The Balaban J connectivity index is 1.62. The summed E-state index contributed by atoms with van der Waals surface area (Å²) in [6, 6.07) is 9.89. The molecule has 1 aliphatic heterocycles. The Morgan fingerprint density at radius 3 is 2.58 bits per heavy atom. The number of aryl methyl sites for hydroxylation is 1. The first-order valence-corrected chi connectivity index (χ1v) is 10.3. The number of nitrogens with one attached hydrogen (secondary N) is 1. The molecular formula is C21H17F2N3O6S. The van der Waals surface area contributed by atoms with Crippen LogP contribution in [0.4, 0.5) is 19.3 Å². The summed E-state index contributed by atoms with van der Waals surface area (Å²) in [6.45, 7) is -1.67. The maximum Gasteiger partial charge on any atom is 0.387 e. The number of carbonyl (C=O) groups excluding carboxylic acids is 3. The van der Waals surface area contributed by atoms with Crippen LogP contribution in [0.15, 0.2) is 47.4 Å². The van der Waals surface area contributed by atoms with Crippen LogP contribution in [-0.2, 0) is 4.79 Å². The number of amides is 3. The van der Waals surface area contributed by atoms with Gasteiger partial charge in [0.25, 0.3) is 22.7 Å². The molecule has 12 heteroatoms. The van der Waals surface area contributed by atoms with E-state index in [0.717, 1.165) is 4.90 Å². The molecule has 1 heterocycles. The lowest BCUT2D eigenvalue weighted by Crippen LogP contribution is -2.37. The fourth-order valence-electron chi connectivity index (χ4n) is 3.05. The number of hydrogen-bond acceptors (Lipinski definition) is 7. The molecule has 0 radical (unpaired) electrons. The molecule has 3 amide bonds. The van der Waals surface area contributed by atoms with E-state index in [2.05, 4.69) is 10.1 Å². The first-order valence-electron chi connectivity index (χ1n) is 9.50. The molecule has 1 fully saturated rings. The number of ether oxygens (including phenoxy) is 1. The fourth-order valence-corrected chi connectivity index (χ4v) is 3.92. The van der Waals surface area contributed by atoms with Gasteiger partial charge in [0, 0.05) is 18.7 Å². The van der Waals surface area contributed by atoms with Gasteiger partial charge in [0.1, 0.15) is 11.3 Å². The van der Waals surface area contributed by atoms with Crippen molar-refractivity contribution in [3.05, 3.63) is 74.2 Å². The van der Waals surface area contributed by atoms with Crippen LogP contribution in [-0.4, -0.2) is 46.6 Å². The van der Waals surface area contributed by atoms with Crippen molar-refractivity contribution in [1.29, 1.82) is 0 Å². The highest BCUT2D eigenvalue weighted by Crippen LogP contribution is 2.32. The van der Waals surface area contributed by atoms with E-state index >= 15 is 0 Å². The second-order valence-electron chi connectivity index (χ2n) is 6.76. The highest BCUT2D eigenvalue weighted by Gasteiger charge is 2.34. The van der Waals surface area contributed by atoms with Crippen LogP contribution in [0.25, 0.3) is 6.08 Å². The van der Waals surface area contributed by atoms with Crippen molar-refractivity contribution in [2.45, 2.75) is 13.5 Å². The minimum atomic E-state index is -2.95. The molecule has 2 aromatic rings. The number of hydrogen-bond donors (Lipinski definition) is 1. The zero-order valence-corrected chi connectivity index (χ0v) is 17.9. The summed E-state index contributed by atoms with van der Waals surface area (Å²) in [4.78, 5) is 48.8. The molecule has 0 atom stereocenters. The van der Waals surface area contributed by atoms with Gasteiger partial charge in [-0.2, -0.15) is 8.78 Å². The molecule has 172 valence electrons. The topological polar surface area (TPSA) is 119 Å². The molecule has 2 aromatic carbocycles. The normalized spacial score (nSPS) is 14.8. The molecule has 33 heavy (non-hydrogen) atoms. The number of alkyl halides is 2. The number of nitro groups is 1. The van der Waals surface area contributed by atoms with Gasteiger partial charge in [0.15, 0.2) is 0 Å². The lowest BCUT2D eigenvalue weighted by Gasteiger charge is -2.13. The molecule has 0 spiro atoms. The van der Waals surface area contributed by atoms with E-state index in [9.17, 15) is 33.3 Å². The second-order valence-corrected chi connectivity index (χ2v) is 7.76. The van der Waals surface area contributed by atoms with Crippen LogP contribution in [0.5, 0.6) is 5.75 Å². The van der Waals surface area contributed by atoms with Crippen LogP contribution in [0.1, 0.15) is 21.5 Å². The monoisotopic (exact) mass is 477 g/mol. The van der Waals surface area contributed by atoms with E-state index in [0.29, 0.717) is 22.9 Å². The van der Waals surface area contributed by atoms with Gasteiger partial charge in [-0.05, 0) is 48.5 Å². The van der Waals surface area contributed by atoms with Crippen molar-refractivity contribution in [2.24, 2.45) is 0 Å². The molecule has 0 unspecified atom stereocenters. The van der Waals surface area contributed by atoms with Gasteiger partial charge < -0.3 is 10.1 Å². The van der Waals surface area contributed by atoms with E-state index in [1.54, 1.807) is 0 Å². The highest BCUT2D eigenvalue weighted by atomic mass is 32.2. The number of benzene rings is 2. The Kier molecular flexibility index (Phi) is 7.38. The van der Waals surface area contributed by atoms with E-state index in [-0.39, 0.29) is 35.0 Å². The van der Waals surface area contributed by atoms with E-state index in [1.165, 1.54) is 55.5 Å². The number of halogens is 2. The number of para-hydroxylation sites is 1. The van der Waals surface area contributed by atoms with Crippen LogP contribution < -0.4 is 10.1 Å². The van der Waals surface area contributed by atoms with Gasteiger partial charge >= 0.3 is 6.61 Å². The summed E-state index contributed by atoms with van der Waals surface area (Å²) in [5.74, 6) is -1.31. The molecule has 1 aliphatic rings. The quantitative estimate of drug-likeness (QED) is 0.347. The number of thioether (sulfide) groups is 1. The average Bonchev–Trinajstić information content (AvgIpc) is 3.01. The standard InChI is InChI=1S/C21H17F2N3O6S/c1-12-3-2-4-15(17(12)26(30)31)18(27)24-9-10-25-19(28)16(33-21(25)29)11-13-5-7-14(8-6-13)32-20(22)23/h2-8,11,20H,9-10H2,1H3,(H,24,27)/b16-11-. The summed E-state index contributed by atoms with van der Waals surface area (Å²) in [6.07, 6.45) is 1.44. The average molecular weight is 477 g/mol. The smallest absolute Gasteiger partial charge is 0.387 e. The molecule has 0 aliphatic carbocycles. The molecule has 0 aromatic heterocycles. The lowest BCUT2D eigenvalue weighted by molar-refractivity contribution is -0.385. The van der Waals surface area contributed by atoms with Gasteiger partial charge in [-0.25, -0.2) is 0 Å². The third-order valence-electron chi connectivity index (χ3n) is 4.56. The van der Waals surface area contributed by atoms with Gasteiger partial charge in [0.2, 0.25) is 0 Å². The van der Waals surface area contributed by atoms with Crippen LogP contribution in [0.3, 0.4) is 0 Å². The Hall–Kier alpha value is -3.80. The van der Waals surface area contributed by atoms with E-state index < -0.39 is 28.6 Å². The largest absolute Gasteiger partial charge is 0.435 e. The van der Waals surface area contributed by atoms with Gasteiger partial charge in [-0.1, -0.05) is 24.3 Å². The summed E-state index contributed by atoms with van der Waals surface area (Å²) >= 11 is 0.700. The first-order chi connectivity index (χ1) is 15.7. The van der Waals surface area contributed by atoms with Crippen molar-refractivity contribution in [1.82, 2.24) is 10.2 Å². The van der Waals surface area contributed by atoms with Crippen molar-refractivity contribution in [3.8, 4) is 5.75 Å². The van der Waals surface area contributed by atoms with Crippen LogP contribution in [0, 0.1) is 17.0 Å². The highest BCUT2D eigenvalue weighted by molar-refractivity contribution is 8.18. The SMILES string of the molecule is Cc1cccc(C(=O)NCCN2C(=O)S/C(=C\c3ccc(OC(F)F)cc3)C2=O)c1[N+](=O)[O-]. The van der Waals surface area contributed by atoms with Crippen LogP contribution in [0.2, 0.25) is 0 Å². The number of carbonyl (C=O) groups is 3. The summed E-state index contributed by atoms with van der Waals surface area (Å²) in [5, 5.41) is 13.2. The molecule has 0 saturated carbocycles. The van der Waals surface area contributed by atoms with Gasteiger partial charge in [-0.15, -0.1) is 0 Å². The van der Waals surface area contributed by atoms with Gasteiger partial charge in [-0.3, -0.25) is 29.4 Å². The van der Waals surface area contributed by atoms with Crippen molar-refractivity contribution in [3.63, 3.8) is 0 Å². The third kappa shape index (κ3) is 5.71. The first kappa shape index (κ1) is 23.9. The number of nitro benzene ring substituents is 1. The number of rotatable bonds is 8. The Labute approximate surface area is 190 Å². The summed E-state index contributed by atoms with van der Waals surface area (Å²) in [7, 11) is 0. The van der Waals surface area contributed by atoms with E-state index in [1.807, 2.05) is 0 Å². The zero-order valence-electron chi connectivity index (χ0n) is 17.1. The fraction of sp³-hybridized carbons (Fsp3) is 0.190. The molecule has 9 nitrogen and oxygen atoms in total. The minimum Gasteiger partial charge on any atom is -0.435 e. The zero-order chi connectivity index (χ0) is 24.1. The minimum absolute atomic E-state index is 0.0418. The summed E-state index contributed by atoms with van der Waals surface area (Å²) in [5.41, 5.74) is 0.405. The van der Waals surface area contributed by atoms with E-state index in [4.69, 9.17) is 0 Å². The third-order valence-corrected chi connectivity index (χ3v) is 5.47. The predicted octanol–water partition coefficient (Wildman–Crippen LogP) is 3.97. The number of imide groups is 1. The lowest BCUT2D eigenvalue weighted by atomic mass is 10.1. The van der Waals surface area contributed by atoms with Crippen molar-refractivity contribution in [2.75, 3.05) is 13.1 Å². The Morgan fingerprint density at radius 2 is 1.94 bits per heavy atom. The second kappa shape index (κ2) is 10.2. The summed E-state index contributed by atoms with van der Waals surface area (Å²) < 4.78 is 28.7. The van der Waals surface area contributed by atoms with Gasteiger partial charge in [0.05, 0.1) is 9.83 Å². The predicted molar refractivity (Wildman–Crippen MR) is 116 cm³/mol. The maximum atomic E-state index is 12.6. The van der Waals surface area contributed by atoms with Crippen molar-refractivity contribution >= 4 is 40.6 Å². The number of nitrogens with zero attached hydrogens (tertiary/aromatic N) is 2. The Morgan fingerprint density at radius 1 is 1.24 bits per heavy atom. The maximum absolute atomic E-state index is 12.6. The molecule has 1 saturated heterocycles. The molecule has 0 bridgehead atoms. The van der Waals surface area contributed by atoms with Crippen molar-refractivity contribution < 1.29 is 32.8 Å². The molecular weight excluding hydrogens is 460 g/mol.